The van der Waals surface area contributed by atoms with Gasteiger partial charge in [-0.15, -0.1) is 0 Å². The zero-order valence-corrected chi connectivity index (χ0v) is 13.0. The third-order valence-corrected chi connectivity index (χ3v) is 4.39. The molecule has 2 heterocycles. The number of para-hydroxylation sites is 1. The van der Waals surface area contributed by atoms with E-state index in [4.69, 9.17) is 5.26 Å². The number of aromatic nitrogens is 1. The highest BCUT2D eigenvalue weighted by Gasteiger charge is 2.25. The van der Waals surface area contributed by atoms with Gasteiger partial charge in [0.15, 0.2) is 0 Å². The second-order valence-electron chi connectivity index (χ2n) is 5.89. The van der Waals surface area contributed by atoms with Crippen LogP contribution in [0.1, 0.15) is 19.3 Å². The van der Waals surface area contributed by atoms with E-state index in [1.165, 1.54) is 0 Å². The molecule has 1 aromatic carbocycles. The Hall–Kier alpha value is -2.45. The SMILES string of the molecule is N#CCCN1CCC(C(=O)Nc2cccc3cccnc23)CC1. The maximum atomic E-state index is 12.5. The summed E-state index contributed by atoms with van der Waals surface area (Å²) in [5.41, 5.74) is 1.61. The fourth-order valence-electron chi connectivity index (χ4n) is 3.07. The van der Waals surface area contributed by atoms with E-state index in [0.29, 0.717) is 6.42 Å². The van der Waals surface area contributed by atoms with Crippen LogP contribution in [0.25, 0.3) is 10.9 Å². The number of pyridine rings is 1. The molecule has 0 aliphatic carbocycles. The van der Waals surface area contributed by atoms with Crippen LogP contribution in [-0.2, 0) is 4.79 Å². The van der Waals surface area contributed by atoms with Crippen LogP contribution in [0.4, 0.5) is 5.69 Å². The first-order valence-corrected chi connectivity index (χ1v) is 8.02. The van der Waals surface area contributed by atoms with Crippen molar-refractivity contribution < 1.29 is 4.79 Å². The lowest BCUT2D eigenvalue weighted by molar-refractivity contribution is -0.121. The van der Waals surface area contributed by atoms with Crippen molar-refractivity contribution in [3.05, 3.63) is 36.5 Å². The summed E-state index contributed by atoms with van der Waals surface area (Å²) < 4.78 is 0. The van der Waals surface area contributed by atoms with Crippen molar-refractivity contribution in [3.63, 3.8) is 0 Å². The molecule has 1 aromatic heterocycles. The minimum absolute atomic E-state index is 0.0345. The van der Waals surface area contributed by atoms with E-state index in [1.54, 1.807) is 6.20 Å². The number of anilines is 1. The summed E-state index contributed by atoms with van der Waals surface area (Å²) >= 11 is 0. The summed E-state index contributed by atoms with van der Waals surface area (Å²) in [7, 11) is 0. The molecule has 118 valence electrons. The van der Waals surface area contributed by atoms with Crippen molar-refractivity contribution >= 4 is 22.5 Å². The molecule has 5 nitrogen and oxygen atoms in total. The number of amides is 1. The van der Waals surface area contributed by atoms with E-state index in [0.717, 1.165) is 49.1 Å². The Balaban J connectivity index is 1.62. The van der Waals surface area contributed by atoms with Crippen molar-refractivity contribution in [1.82, 2.24) is 9.88 Å². The molecule has 0 bridgehead atoms. The minimum atomic E-state index is 0.0345. The molecule has 1 aliphatic heterocycles. The fraction of sp³-hybridized carbons (Fsp3) is 0.389. The normalized spacial score (nSPS) is 16.1. The Labute approximate surface area is 135 Å². The first-order valence-electron chi connectivity index (χ1n) is 8.02. The van der Waals surface area contributed by atoms with Gasteiger partial charge in [-0.1, -0.05) is 18.2 Å². The average Bonchev–Trinajstić information content (AvgIpc) is 2.60. The quantitative estimate of drug-likeness (QED) is 0.943. The summed E-state index contributed by atoms with van der Waals surface area (Å²) in [6, 6.07) is 11.9. The minimum Gasteiger partial charge on any atom is -0.324 e. The van der Waals surface area contributed by atoms with Gasteiger partial charge in [-0.25, -0.2) is 0 Å². The molecule has 3 rings (SSSR count). The number of nitriles is 1. The van der Waals surface area contributed by atoms with Gasteiger partial charge in [0.05, 0.1) is 17.3 Å². The fourth-order valence-corrected chi connectivity index (χ4v) is 3.07. The molecule has 23 heavy (non-hydrogen) atoms. The van der Waals surface area contributed by atoms with E-state index < -0.39 is 0 Å². The first kappa shape index (κ1) is 15.4. The number of piperidine rings is 1. The van der Waals surface area contributed by atoms with Crippen molar-refractivity contribution in [2.75, 3.05) is 25.0 Å². The molecule has 1 amide bonds. The van der Waals surface area contributed by atoms with Gasteiger partial charge in [-0.2, -0.15) is 5.26 Å². The molecular weight excluding hydrogens is 288 g/mol. The first-order chi connectivity index (χ1) is 11.3. The van der Waals surface area contributed by atoms with Gasteiger partial charge in [0.1, 0.15) is 0 Å². The van der Waals surface area contributed by atoms with Crippen molar-refractivity contribution in [2.45, 2.75) is 19.3 Å². The number of nitrogens with zero attached hydrogens (tertiary/aromatic N) is 3. The van der Waals surface area contributed by atoms with Crippen LogP contribution in [0.5, 0.6) is 0 Å². The molecule has 0 radical (unpaired) electrons. The molecular formula is C18H20N4O. The highest BCUT2D eigenvalue weighted by molar-refractivity contribution is 6.01. The number of carbonyl (C=O) groups is 1. The number of hydrogen-bond donors (Lipinski definition) is 1. The molecule has 1 N–H and O–H groups in total. The molecule has 0 saturated carbocycles. The monoisotopic (exact) mass is 308 g/mol. The molecule has 1 aliphatic rings. The Morgan fingerprint density at radius 3 is 2.87 bits per heavy atom. The van der Waals surface area contributed by atoms with Crippen LogP contribution in [0.15, 0.2) is 36.5 Å². The predicted molar refractivity (Wildman–Crippen MR) is 89.8 cm³/mol. The second-order valence-corrected chi connectivity index (χ2v) is 5.89. The predicted octanol–water partition coefficient (Wildman–Crippen LogP) is 2.80. The smallest absolute Gasteiger partial charge is 0.227 e. The summed E-state index contributed by atoms with van der Waals surface area (Å²) in [4.78, 5) is 19.2. The van der Waals surface area contributed by atoms with Gasteiger partial charge >= 0.3 is 0 Å². The Morgan fingerprint density at radius 2 is 2.09 bits per heavy atom. The van der Waals surface area contributed by atoms with E-state index in [1.807, 2.05) is 30.3 Å². The van der Waals surface area contributed by atoms with E-state index in [2.05, 4.69) is 21.3 Å². The topological polar surface area (TPSA) is 69.0 Å². The zero-order chi connectivity index (χ0) is 16.1. The number of benzene rings is 1. The van der Waals surface area contributed by atoms with Gasteiger partial charge in [0, 0.05) is 30.5 Å². The van der Waals surface area contributed by atoms with Crippen molar-refractivity contribution in [1.29, 1.82) is 5.26 Å². The molecule has 0 atom stereocenters. The number of likely N-dealkylation sites (tertiary alicyclic amines) is 1. The third-order valence-electron chi connectivity index (χ3n) is 4.39. The van der Waals surface area contributed by atoms with Gasteiger partial charge in [0.25, 0.3) is 0 Å². The number of nitrogens with one attached hydrogen (secondary N) is 1. The maximum Gasteiger partial charge on any atom is 0.227 e. The highest BCUT2D eigenvalue weighted by Crippen LogP contribution is 2.24. The lowest BCUT2D eigenvalue weighted by Gasteiger charge is -2.30. The molecule has 1 saturated heterocycles. The summed E-state index contributed by atoms with van der Waals surface area (Å²) in [6.45, 7) is 2.57. The van der Waals surface area contributed by atoms with Crippen LogP contribution >= 0.6 is 0 Å². The van der Waals surface area contributed by atoms with Crippen LogP contribution in [-0.4, -0.2) is 35.4 Å². The van der Waals surface area contributed by atoms with Crippen molar-refractivity contribution in [3.8, 4) is 6.07 Å². The summed E-state index contributed by atoms with van der Waals surface area (Å²) in [6.07, 6.45) is 3.98. The Bertz CT molecular complexity index is 724. The van der Waals surface area contributed by atoms with Crippen LogP contribution in [0, 0.1) is 17.2 Å². The van der Waals surface area contributed by atoms with Crippen LogP contribution in [0.3, 0.4) is 0 Å². The standard InChI is InChI=1S/C18H20N4O/c19-9-3-11-22-12-7-15(8-13-22)18(23)21-16-6-1-4-14-5-2-10-20-17(14)16/h1-2,4-6,10,15H,3,7-8,11-13H2,(H,21,23). The third kappa shape index (κ3) is 3.66. The average molecular weight is 308 g/mol. The number of carbonyl (C=O) groups excluding carboxylic acids is 1. The lowest BCUT2D eigenvalue weighted by atomic mass is 9.95. The maximum absolute atomic E-state index is 12.5. The van der Waals surface area contributed by atoms with Crippen LogP contribution in [0.2, 0.25) is 0 Å². The number of fused-ring (bicyclic) bond motifs is 1. The summed E-state index contributed by atoms with van der Waals surface area (Å²) in [5, 5.41) is 12.7. The molecule has 5 heteroatoms. The lowest BCUT2D eigenvalue weighted by Crippen LogP contribution is -2.38. The van der Waals surface area contributed by atoms with Crippen LogP contribution < -0.4 is 5.32 Å². The largest absolute Gasteiger partial charge is 0.324 e. The Kier molecular flexibility index (Phi) is 4.84. The molecule has 0 spiro atoms. The molecule has 0 unspecified atom stereocenters. The number of rotatable bonds is 4. The molecule has 1 fully saturated rings. The van der Waals surface area contributed by atoms with Crippen molar-refractivity contribution in [2.24, 2.45) is 5.92 Å². The van der Waals surface area contributed by atoms with Gasteiger partial charge < -0.3 is 10.2 Å². The molecule has 2 aromatic rings. The van der Waals surface area contributed by atoms with E-state index >= 15 is 0 Å². The van der Waals surface area contributed by atoms with Gasteiger partial charge in [-0.05, 0) is 38.1 Å². The zero-order valence-electron chi connectivity index (χ0n) is 13.0. The van der Waals surface area contributed by atoms with Gasteiger partial charge in [0.2, 0.25) is 5.91 Å². The van der Waals surface area contributed by atoms with Gasteiger partial charge in [-0.3, -0.25) is 9.78 Å². The second kappa shape index (κ2) is 7.21. The van der Waals surface area contributed by atoms with E-state index in [9.17, 15) is 4.79 Å². The Morgan fingerprint density at radius 1 is 1.30 bits per heavy atom. The number of hydrogen-bond acceptors (Lipinski definition) is 4. The highest BCUT2D eigenvalue weighted by atomic mass is 16.1. The summed E-state index contributed by atoms with van der Waals surface area (Å²) in [5.74, 6) is 0.107. The van der Waals surface area contributed by atoms with E-state index in [-0.39, 0.29) is 11.8 Å².